The molecule has 0 radical (unpaired) electrons. The van der Waals surface area contributed by atoms with Crippen molar-refractivity contribution in [1.82, 2.24) is 39.2 Å². The number of amides is 4. The molecule has 2 aromatic carbocycles. The van der Waals surface area contributed by atoms with E-state index in [2.05, 4.69) is 41.2 Å². The molecule has 20 nitrogen and oxygen atoms in total. The van der Waals surface area contributed by atoms with Crippen LogP contribution in [0.5, 0.6) is 0 Å². The van der Waals surface area contributed by atoms with E-state index in [4.69, 9.17) is 9.47 Å². The van der Waals surface area contributed by atoms with Crippen LogP contribution in [0, 0.1) is 11.8 Å². The first-order valence-electron chi connectivity index (χ1n) is 23.3. The van der Waals surface area contributed by atoms with E-state index >= 15 is 0 Å². The molecule has 4 aromatic rings. The molecule has 70 heavy (non-hydrogen) atoms. The minimum Gasteiger partial charge on any atom is -0.444 e. The second-order valence-electron chi connectivity index (χ2n) is 19.1. The number of sulfonamides is 2. The van der Waals surface area contributed by atoms with Crippen LogP contribution in [0.3, 0.4) is 0 Å². The van der Waals surface area contributed by atoms with Gasteiger partial charge in [0.1, 0.15) is 11.2 Å². The lowest BCUT2D eigenvalue weighted by atomic mass is 9.98. The number of aromatic nitrogens is 4. The number of aryl methyl sites for hydroxylation is 2. The Bertz CT molecular complexity index is 2370. The largest absolute Gasteiger partial charge is 0.444 e. The maximum Gasteiger partial charge on any atom is 0.414 e. The number of anilines is 2. The molecule has 2 aliphatic rings. The van der Waals surface area contributed by atoms with Gasteiger partial charge in [0, 0.05) is 64.1 Å². The highest BCUT2D eigenvalue weighted by Gasteiger charge is 2.30. The Balaban J connectivity index is 0.000000261. The third kappa shape index (κ3) is 19.0. The fraction of sp³-hybridized carbons (Fsp3) is 0.500. The molecule has 0 spiro atoms. The van der Waals surface area contributed by atoms with Gasteiger partial charge in [0.05, 0.1) is 22.6 Å². The number of ether oxygens (including phenoxy) is 2. The highest BCUT2D eigenvalue weighted by atomic mass is 32.2. The van der Waals surface area contributed by atoms with Gasteiger partial charge >= 0.3 is 12.2 Å². The Kier molecular flexibility index (Phi) is 19.7. The summed E-state index contributed by atoms with van der Waals surface area (Å²) in [7, 11) is -6.62. The maximum absolute atomic E-state index is 12.7. The summed E-state index contributed by atoms with van der Waals surface area (Å²) in [5.74, 6) is -0.0113. The number of hydrogen-bond acceptors (Lipinski definition) is 14. The average molecular weight is 1010 g/mol. The highest BCUT2D eigenvalue weighted by Crippen LogP contribution is 2.22. The summed E-state index contributed by atoms with van der Waals surface area (Å²) in [6.07, 6.45) is 7.68. The average Bonchev–Trinajstić information content (AvgIpc) is 3.31. The number of benzene rings is 2. The topological polar surface area (TPSA) is 261 Å². The summed E-state index contributed by atoms with van der Waals surface area (Å²) in [4.78, 5) is 64.4. The molecule has 380 valence electrons. The Morgan fingerprint density at radius 1 is 0.543 bits per heavy atom. The lowest BCUT2D eigenvalue weighted by Crippen LogP contribution is -2.42. The van der Waals surface area contributed by atoms with Crippen LogP contribution in [0.4, 0.5) is 21.5 Å². The molecular weight excluding hydrogens is 941 g/mol. The summed E-state index contributed by atoms with van der Waals surface area (Å²) in [5.41, 5.74) is 1.25. The number of hydrogen-bond donors (Lipinski definition) is 4. The summed E-state index contributed by atoms with van der Waals surface area (Å²) < 4.78 is 64.1. The molecule has 0 atom stereocenters. The normalized spacial score (nSPS) is 15.4. The molecule has 2 saturated heterocycles. The van der Waals surface area contributed by atoms with E-state index in [1.54, 1.807) is 50.2 Å². The lowest BCUT2D eigenvalue weighted by molar-refractivity contribution is 0.0623. The second-order valence-corrected chi connectivity index (χ2v) is 23.2. The number of nitrogens with one attached hydrogen (secondary N) is 4. The van der Waals surface area contributed by atoms with E-state index in [-0.39, 0.29) is 58.2 Å². The molecule has 0 bridgehead atoms. The van der Waals surface area contributed by atoms with Gasteiger partial charge in [-0.1, -0.05) is 60.7 Å². The Labute approximate surface area is 411 Å². The first kappa shape index (κ1) is 54.8. The summed E-state index contributed by atoms with van der Waals surface area (Å²) in [6.45, 7) is 13.2. The fourth-order valence-corrected chi connectivity index (χ4v) is 10.4. The van der Waals surface area contributed by atoms with Crippen LogP contribution in [-0.4, -0.2) is 131 Å². The molecular formula is C48H66N10O10S2. The van der Waals surface area contributed by atoms with Gasteiger partial charge in [-0.15, -0.1) is 0 Å². The third-order valence-corrected chi connectivity index (χ3v) is 14.8. The van der Waals surface area contributed by atoms with Crippen molar-refractivity contribution in [1.29, 1.82) is 0 Å². The smallest absolute Gasteiger partial charge is 0.414 e. The van der Waals surface area contributed by atoms with Crippen molar-refractivity contribution in [2.24, 2.45) is 11.8 Å². The van der Waals surface area contributed by atoms with Crippen molar-refractivity contribution in [2.75, 3.05) is 61.4 Å². The quantitative estimate of drug-likeness (QED) is 0.105. The zero-order valence-corrected chi connectivity index (χ0v) is 42.4. The Hall–Kier alpha value is -6.10. The maximum atomic E-state index is 12.7. The summed E-state index contributed by atoms with van der Waals surface area (Å²) >= 11 is 0. The molecule has 22 heteroatoms. The molecule has 4 N–H and O–H groups in total. The van der Waals surface area contributed by atoms with E-state index in [9.17, 15) is 36.0 Å². The number of nitrogens with zero attached hydrogens (tertiary/aromatic N) is 6. The molecule has 6 rings (SSSR count). The Morgan fingerprint density at radius 3 is 1.16 bits per heavy atom. The van der Waals surface area contributed by atoms with Gasteiger partial charge in [0.25, 0.3) is 11.8 Å². The third-order valence-electron chi connectivity index (χ3n) is 11.1. The zero-order chi connectivity index (χ0) is 51.0. The standard InChI is InChI=1S/2C24H33N5O5S/c2*1-24(2,3)34-23(31)28-22-26-16-20(17-27-22)21(30)25-15-19-9-12-29(13-10-19)35(32,33)14-11-18-7-5-4-6-8-18/h2*4-8,16-17,19H,9-15H2,1-3H3,(H,25,30)(H,26,27,28,31). The predicted octanol–water partition coefficient (Wildman–Crippen LogP) is 5.68. The van der Waals surface area contributed by atoms with Crippen molar-refractivity contribution in [3.8, 4) is 0 Å². The van der Waals surface area contributed by atoms with E-state index in [0.717, 1.165) is 11.1 Å². The fourth-order valence-electron chi connectivity index (χ4n) is 7.31. The van der Waals surface area contributed by atoms with Crippen LogP contribution in [0.2, 0.25) is 0 Å². The summed E-state index contributed by atoms with van der Waals surface area (Å²) in [6, 6.07) is 19.2. The van der Waals surface area contributed by atoms with Gasteiger partial charge in [-0.05, 0) is 103 Å². The number of carbonyl (C=O) groups excluding carboxylic acids is 4. The monoisotopic (exact) mass is 1010 g/mol. The predicted molar refractivity (Wildman–Crippen MR) is 265 cm³/mol. The van der Waals surface area contributed by atoms with Crippen LogP contribution in [-0.2, 0) is 42.4 Å². The van der Waals surface area contributed by atoms with E-state index in [1.807, 2.05) is 60.7 Å². The number of carbonyl (C=O) groups is 4. The lowest BCUT2D eigenvalue weighted by Gasteiger charge is -2.31. The minimum absolute atomic E-state index is 0.0386. The van der Waals surface area contributed by atoms with Gasteiger partial charge in [-0.2, -0.15) is 0 Å². The van der Waals surface area contributed by atoms with Gasteiger partial charge in [0.2, 0.25) is 31.9 Å². The van der Waals surface area contributed by atoms with Crippen LogP contribution in [0.1, 0.15) is 99.1 Å². The van der Waals surface area contributed by atoms with Crippen LogP contribution in [0.25, 0.3) is 0 Å². The molecule has 4 amide bonds. The van der Waals surface area contributed by atoms with Gasteiger partial charge in [-0.3, -0.25) is 20.2 Å². The minimum atomic E-state index is -3.31. The molecule has 0 aliphatic carbocycles. The Morgan fingerprint density at radius 2 is 0.857 bits per heavy atom. The van der Waals surface area contributed by atoms with E-state index in [0.29, 0.717) is 77.8 Å². The van der Waals surface area contributed by atoms with Crippen molar-refractivity contribution in [2.45, 2.75) is 91.3 Å². The number of rotatable bonds is 16. The van der Waals surface area contributed by atoms with Crippen molar-refractivity contribution in [3.63, 3.8) is 0 Å². The number of piperidine rings is 2. The molecule has 2 fully saturated rings. The van der Waals surface area contributed by atoms with Crippen LogP contribution in [0.15, 0.2) is 85.5 Å². The first-order valence-corrected chi connectivity index (χ1v) is 26.5. The second kappa shape index (κ2) is 25.1. The van der Waals surface area contributed by atoms with Crippen LogP contribution >= 0.6 is 0 Å². The zero-order valence-electron chi connectivity index (χ0n) is 40.7. The van der Waals surface area contributed by atoms with Gasteiger partial charge in [0.15, 0.2) is 0 Å². The van der Waals surface area contributed by atoms with E-state index < -0.39 is 43.4 Å². The molecule has 0 saturated carbocycles. The molecule has 4 heterocycles. The van der Waals surface area contributed by atoms with E-state index in [1.165, 1.54) is 24.8 Å². The molecule has 2 aromatic heterocycles. The SMILES string of the molecule is CC(C)(C)OC(=O)Nc1ncc(C(=O)NCC2CCN(S(=O)(=O)CCc3ccccc3)CC2)cn1.CC(C)(C)OC(=O)Nc1ncc(C(=O)NCC2CCN(S(=O)(=O)CCc3ccccc3)CC2)cn1. The van der Waals surface area contributed by atoms with Crippen molar-refractivity contribution >= 4 is 55.9 Å². The van der Waals surface area contributed by atoms with Gasteiger partial charge < -0.3 is 20.1 Å². The van der Waals surface area contributed by atoms with Crippen LogP contribution < -0.4 is 21.3 Å². The van der Waals surface area contributed by atoms with Gasteiger partial charge in [-0.25, -0.2) is 55.0 Å². The highest BCUT2D eigenvalue weighted by molar-refractivity contribution is 7.89. The molecule has 0 unspecified atom stereocenters. The first-order chi connectivity index (χ1) is 33.0. The molecule has 2 aliphatic heterocycles. The van der Waals surface area contributed by atoms with Crippen molar-refractivity contribution in [3.05, 3.63) is 108 Å². The van der Waals surface area contributed by atoms with Crippen molar-refractivity contribution < 1.29 is 45.5 Å². The summed E-state index contributed by atoms with van der Waals surface area (Å²) in [5, 5.41) is 10.6.